The zero-order valence-corrected chi connectivity index (χ0v) is 17.9. The van der Waals surface area contributed by atoms with E-state index in [-0.39, 0.29) is 0 Å². The van der Waals surface area contributed by atoms with E-state index in [0.29, 0.717) is 10.9 Å². The minimum Gasteiger partial charge on any atom is -0.270 e. The summed E-state index contributed by atoms with van der Waals surface area (Å²) in [7, 11) is 0. The lowest BCUT2D eigenvalue weighted by atomic mass is 10.0. The average Bonchev–Trinajstić information content (AvgIpc) is 3.17. The van der Waals surface area contributed by atoms with Gasteiger partial charge in [-0.2, -0.15) is 0 Å². The molecule has 0 saturated heterocycles. The second kappa shape index (κ2) is 8.80. The lowest BCUT2D eigenvalue weighted by molar-refractivity contribution is 0.865. The molecule has 4 nitrogen and oxygen atoms in total. The number of halogens is 1. The van der Waals surface area contributed by atoms with Crippen LogP contribution in [0.5, 0.6) is 0 Å². The van der Waals surface area contributed by atoms with E-state index in [1.807, 2.05) is 36.5 Å². The number of hydrogen-bond acceptors (Lipinski definition) is 4. The van der Waals surface area contributed by atoms with Crippen LogP contribution in [-0.2, 0) is 5.75 Å². The van der Waals surface area contributed by atoms with E-state index in [1.54, 1.807) is 18.0 Å². The molecule has 0 saturated carbocycles. The molecule has 0 aliphatic rings. The van der Waals surface area contributed by atoms with Crippen LogP contribution in [0.3, 0.4) is 0 Å². The standard InChI is InChI=1S/C23H21ClN4S/c1-16(2)18-6-3-7-19(13-18)22-26-27-23(29-15-17-5-4-12-25-14-17)28(22)21-10-8-20(24)9-11-21/h3-14,16H,15H2,1-2H3. The molecule has 4 rings (SSSR count). The highest BCUT2D eigenvalue weighted by atomic mass is 35.5. The lowest BCUT2D eigenvalue weighted by Crippen LogP contribution is -2.00. The summed E-state index contributed by atoms with van der Waals surface area (Å²) < 4.78 is 2.09. The van der Waals surface area contributed by atoms with Gasteiger partial charge in [0, 0.05) is 34.4 Å². The Morgan fingerprint density at radius 2 is 1.83 bits per heavy atom. The smallest absolute Gasteiger partial charge is 0.196 e. The molecule has 0 N–H and O–H groups in total. The van der Waals surface area contributed by atoms with Gasteiger partial charge in [0.15, 0.2) is 11.0 Å². The molecule has 4 aromatic rings. The largest absolute Gasteiger partial charge is 0.270 e. The van der Waals surface area contributed by atoms with Crippen LogP contribution in [0.15, 0.2) is 78.2 Å². The van der Waals surface area contributed by atoms with Crippen molar-refractivity contribution in [2.75, 3.05) is 0 Å². The summed E-state index contributed by atoms with van der Waals surface area (Å²) in [5, 5.41) is 10.6. The Hall–Kier alpha value is -2.63. The van der Waals surface area contributed by atoms with Crippen molar-refractivity contribution in [3.63, 3.8) is 0 Å². The van der Waals surface area contributed by atoms with E-state index < -0.39 is 0 Å². The third-order valence-corrected chi connectivity index (χ3v) is 5.87. The maximum absolute atomic E-state index is 6.11. The van der Waals surface area contributed by atoms with E-state index >= 15 is 0 Å². The Morgan fingerprint density at radius 3 is 2.55 bits per heavy atom. The van der Waals surface area contributed by atoms with Crippen LogP contribution < -0.4 is 0 Å². The average molecular weight is 421 g/mol. The molecule has 0 amide bonds. The van der Waals surface area contributed by atoms with Crippen molar-refractivity contribution in [3.05, 3.63) is 89.2 Å². The third kappa shape index (κ3) is 4.52. The van der Waals surface area contributed by atoms with Crippen molar-refractivity contribution in [3.8, 4) is 17.1 Å². The summed E-state index contributed by atoms with van der Waals surface area (Å²) in [4.78, 5) is 4.20. The topological polar surface area (TPSA) is 43.6 Å². The Kier molecular flexibility index (Phi) is 5.97. The van der Waals surface area contributed by atoms with Gasteiger partial charge in [0.25, 0.3) is 0 Å². The van der Waals surface area contributed by atoms with Gasteiger partial charge in [-0.25, -0.2) is 0 Å². The van der Waals surface area contributed by atoms with Crippen LogP contribution in [0.2, 0.25) is 5.02 Å². The van der Waals surface area contributed by atoms with Crippen LogP contribution in [-0.4, -0.2) is 19.7 Å². The van der Waals surface area contributed by atoms with Crippen molar-refractivity contribution in [1.29, 1.82) is 0 Å². The Morgan fingerprint density at radius 1 is 1.00 bits per heavy atom. The Bertz CT molecular complexity index is 1090. The van der Waals surface area contributed by atoms with Crippen molar-refractivity contribution < 1.29 is 0 Å². The van der Waals surface area contributed by atoms with Crippen molar-refractivity contribution in [2.24, 2.45) is 0 Å². The minimum absolute atomic E-state index is 0.446. The summed E-state index contributed by atoms with van der Waals surface area (Å²) in [6, 6.07) is 20.3. The number of benzene rings is 2. The molecule has 2 aromatic carbocycles. The molecule has 2 heterocycles. The molecule has 29 heavy (non-hydrogen) atoms. The zero-order valence-electron chi connectivity index (χ0n) is 16.3. The van der Waals surface area contributed by atoms with Crippen LogP contribution in [0.1, 0.15) is 30.9 Å². The van der Waals surface area contributed by atoms with Crippen LogP contribution in [0.4, 0.5) is 0 Å². The van der Waals surface area contributed by atoms with Gasteiger partial charge in [-0.1, -0.05) is 61.5 Å². The highest BCUT2D eigenvalue weighted by Gasteiger charge is 2.17. The van der Waals surface area contributed by atoms with Crippen LogP contribution in [0, 0.1) is 0 Å². The van der Waals surface area contributed by atoms with E-state index in [2.05, 4.69) is 63.9 Å². The van der Waals surface area contributed by atoms with E-state index in [4.69, 9.17) is 11.6 Å². The van der Waals surface area contributed by atoms with Crippen molar-refractivity contribution in [1.82, 2.24) is 19.7 Å². The summed E-state index contributed by atoms with van der Waals surface area (Å²) in [5.74, 6) is 2.04. The van der Waals surface area contributed by atoms with Crippen LogP contribution in [0.25, 0.3) is 17.1 Å². The normalized spacial score (nSPS) is 11.2. The lowest BCUT2D eigenvalue weighted by Gasteiger charge is -2.12. The molecular formula is C23H21ClN4S. The van der Waals surface area contributed by atoms with Gasteiger partial charge >= 0.3 is 0 Å². The maximum Gasteiger partial charge on any atom is 0.196 e. The minimum atomic E-state index is 0.446. The van der Waals surface area contributed by atoms with E-state index in [0.717, 1.165) is 33.5 Å². The molecule has 6 heteroatoms. The van der Waals surface area contributed by atoms with Gasteiger partial charge in [0.2, 0.25) is 0 Å². The number of aromatic nitrogens is 4. The Balaban J connectivity index is 1.76. The second-order valence-electron chi connectivity index (χ2n) is 7.05. The Labute approximate surface area is 180 Å². The predicted octanol–water partition coefficient (Wildman–Crippen LogP) is 6.40. The number of thioether (sulfide) groups is 1. The van der Waals surface area contributed by atoms with Gasteiger partial charge in [-0.3, -0.25) is 9.55 Å². The van der Waals surface area contributed by atoms with Crippen molar-refractivity contribution >= 4 is 23.4 Å². The van der Waals surface area contributed by atoms with Crippen molar-refractivity contribution in [2.45, 2.75) is 30.7 Å². The van der Waals surface area contributed by atoms with Gasteiger partial charge < -0.3 is 0 Å². The number of pyridine rings is 1. The molecule has 0 spiro atoms. The first-order chi connectivity index (χ1) is 14.1. The fourth-order valence-electron chi connectivity index (χ4n) is 3.04. The van der Waals surface area contributed by atoms with Gasteiger partial charge in [-0.15, -0.1) is 10.2 Å². The SMILES string of the molecule is CC(C)c1cccc(-c2nnc(SCc3cccnc3)n2-c2ccc(Cl)cc2)c1. The molecule has 0 bridgehead atoms. The van der Waals surface area contributed by atoms with Gasteiger partial charge in [0.05, 0.1) is 0 Å². The first-order valence-corrected chi connectivity index (χ1v) is 10.8. The van der Waals surface area contributed by atoms with Gasteiger partial charge in [0.1, 0.15) is 0 Å². The highest BCUT2D eigenvalue weighted by Crippen LogP contribution is 2.31. The third-order valence-electron chi connectivity index (χ3n) is 4.62. The number of rotatable bonds is 6. The monoisotopic (exact) mass is 420 g/mol. The molecule has 0 radical (unpaired) electrons. The number of hydrogen-bond donors (Lipinski definition) is 0. The zero-order chi connectivity index (χ0) is 20.2. The fourth-order valence-corrected chi connectivity index (χ4v) is 4.05. The molecule has 0 aliphatic heterocycles. The predicted molar refractivity (Wildman–Crippen MR) is 120 cm³/mol. The summed E-state index contributed by atoms with van der Waals surface area (Å²) in [6.45, 7) is 4.39. The van der Waals surface area contributed by atoms with E-state index in [9.17, 15) is 0 Å². The van der Waals surface area contributed by atoms with Crippen LogP contribution >= 0.6 is 23.4 Å². The molecule has 0 unspecified atom stereocenters. The quantitative estimate of drug-likeness (QED) is 0.338. The summed E-state index contributed by atoms with van der Waals surface area (Å²) in [6.07, 6.45) is 3.66. The second-order valence-corrected chi connectivity index (χ2v) is 8.43. The number of nitrogens with zero attached hydrogens (tertiary/aromatic N) is 4. The summed E-state index contributed by atoms with van der Waals surface area (Å²) in [5.41, 5.74) is 4.45. The molecular weight excluding hydrogens is 400 g/mol. The summed E-state index contributed by atoms with van der Waals surface area (Å²) >= 11 is 7.76. The first-order valence-electron chi connectivity index (χ1n) is 9.45. The van der Waals surface area contributed by atoms with Gasteiger partial charge in [-0.05, 0) is 53.4 Å². The molecule has 0 fully saturated rings. The molecule has 146 valence electrons. The fraction of sp³-hybridized carbons (Fsp3) is 0.174. The first kappa shape index (κ1) is 19.7. The molecule has 0 aliphatic carbocycles. The maximum atomic E-state index is 6.11. The molecule has 2 aromatic heterocycles. The molecule has 0 atom stereocenters. The highest BCUT2D eigenvalue weighted by molar-refractivity contribution is 7.98. The van der Waals surface area contributed by atoms with E-state index in [1.165, 1.54) is 5.56 Å².